The lowest BCUT2D eigenvalue weighted by Gasteiger charge is -2.40. The minimum atomic E-state index is -3.06. The van der Waals surface area contributed by atoms with Gasteiger partial charge >= 0.3 is 0 Å². The lowest BCUT2D eigenvalue weighted by atomic mass is 10.1. The predicted molar refractivity (Wildman–Crippen MR) is 79.0 cm³/mol. The van der Waals surface area contributed by atoms with Gasteiger partial charge in [0.05, 0.1) is 5.75 Å². The molecule has 1 aliphatic heterocycles. The summed E-state index contributed by atoms with van der Waals surface area (Å²) in [7, 11) is -3.06. The minimum absolute atomic E-state index is 0.185. The first-order chi connectivity index (χ1) is 8.94. The minimum Gasteiger partial charge on any atom is -0.366 e. The molecule has 0 radical (unpaired) electrons. The third-order valence-corrected chi connectivity index (χ3v) is 5.56. The van der Waals surface area contributed by atoms with Gasteiger partial charge in [0.2, 0.25) is 10.0 Å². The van der Waals surface area contributed by atoms with Crippen molar-refractivity contribution in [3.05, 3.63) is 29.8 Å². The van der Waals surface area contributed by atoms with Gasteiger partial charge in [-0.05, 0) is 32.9 Å². The fourth-order valence-corrected chi connectivity index (χ4v) is 3.65. The van der Waals surface area contributed by atoms with E-state index >= 15 is 0 Å². The SMILES string of the molecule is CCS(=O)(=O)N1CCN(c2ccc(C)cc2)[C@H](C)C1. The molecule has 1 fully saturated rings. The Morgan fingerprint density at radius 1 is 1.21 bits per heavy atom. The Balaban J connectivity index is 2.11. The molecule has 0 spiro atoms. The van der Waals surface area contributed by atoms with Crippen LogP contribution in [0, 0.1) is 6.92 Å². The number of aryl methyl sites for hydroxylation is 1. The van der Waals surface area contributed by atoms with Crippen LogP contribution >= 0.6 is 0 Å². The van der Waals surface area contributed by atoms with Gasteiger partial charge < -0.3 is 4.90 Å². The Labute approximate surface area is 116 Å². The van der Waals surface area contributed by atoms with Crippen LogP contribution in [0.15, 0.2) is 24.3 Å². The van der Waals surface area contributed by atoms with Gasteiger partial charge in [0.25, 0.3) is 0 Å². The van der Waals surface area contributed by atoms with E-state index in [4.69, 9.17) is 0 Å². The molecule has 0 aliphatic carbocycles. The van der Waals surface area contributed by atoms with Gasteiger partial charge in [0.15, 0.2) is 0 Å². The van der Waals surface area contributed by atoms with Crippen molar-refractivity contribution in [2.45, 2.75) is 26.8 Å². The molecular weight excluding hydrogens is 260 g/mol. The molecule has 1 heterocycles. The molecule has 1 aliphatic rings. The molecule has 0 bridgehead atoms. The molecule has 4 nitrogen and oxygen atoms in total. The standard InChI is InChI=1S/C14H22N2O2S/c1-4-19(17,18)15-9-10-16(13(3)11-15)14-7-5-12(2)6-8-14/h5-8,13H,4,9-11H2,1-3H3/t13-/m1/s1. The summed E-state index contributed by atoms with van der Waals surface area (Å²) in [6.07, 6.45) is 0. The monoisotopic (exact) mass is 282 g/mol. The maximum Gasteiger partial charge on any atom is 0.213 e. The van der Waals surface area contributed by atoms with Crippen LogP contribution in [0.3, 0.4) is 0 Å². The summed E-state index contributed by atoms with van der Waals surface area (Å²) in [5.74, 6) is 0.185. The predicted octanol–water partition coefficient (Wildman–Crippen LogP) is 1.86. The smallest absolute Gasteiger partial charge is 0.213 e. The highest BCUT2D eigenvalue weighted by atomic mass is 32.2. The van der Waals surface area contributed by atoms with E-state index in [1.807, 2.05) is 0 Å². The van der Waals surface area contributed by atoms with Crippen LogP contribution in [0.4, 0.5) is 5.69 Å². The fraction of sp³-hybridized carbons (Fsp3) is 0.571. The van der Waals surface area contributed by atoms with Crippen molar-refractivity contribution in [3.8, 4) is 0 Å². The average molecular weight is 282 g/mol. The quantitative estimate of drug-likeness (QED) is 0.849. The Morgan fingerprint density at radius 2 is 1.84 bits per heavy atom. The molecule has 1 aromatic carbocycles. The maximum absolute atomic E-state index is 11.9. The first-order valence-corrected chi connectivity index (χ1v) is 8.36. The van der Waals surface area contributed by atoms with Gasteiger partial charge in [-0.25, -0.2) is 8.42 Å². The third-order valence-electron chi connectivity index (χ3n) is 3.71. The second-order valence-electron chi connectivity index (χ2n) is 5.14. The van der Waals surface area contributed by atoms with Crippen molar-refractivity contribution in [1.29, 1.82) is 0 Å². The van der Waals surface area contributed by atoms with E-state index in [2.05, 4.69) is 43.0 Å². The van der Waals surface area contributed by atoms with Gasteiger partial charge in [-0.3, -0.25) is 0 Å². The van der Waals surface area contributed by atoms with Gasteiger partial charge in [-0.15, -0.1) is 0 Å². The van der Waals surface area contributed by atoms with Crippen LogP contribution < -0.4 is 4.90 Å². The van der Waals surface area contributed by atoms with Crippen LogP contribution in [0.5, 0.6) is 0 Å². The first kappa shape index (κ1) is 14.3. The molecule has 0 N–H and O–H groups in total. The normalized spacial score (nSPS) is 21.6. The van der Waals surface area contributed by atoms with Crippen LogP contribution in [0.1, 0.15) is 19.4 Å². The van der Waals surface area contributed by atoms with Crippen LogP contribution in [-0.2, 0) is 10.0 Å². The Hall–Kier alpha value is -1.07. The van der Waals surface area contributed by atoms with Crippen molar-refractivity contribution in [2.24, 2.45) is 0 Å². The molecule has 106 valence electrons. The summed E-state index contributed by atoms with van der Waals surface area (Å²) in [5.41, 5.74) is 2.41. The Kier molecular flexibility index (Phi) is 4.16. The Bertz CT molecular complexity index is 525. The summed E-state index contributed by atoms with van der Waals surface area (Å²) in [5, 5.41) is 0. The molecule has 0 amide bonds. The lowest BCUT2D eigenvalue weighted by Crippen LogP contribution is -2.54. The zero-order valence-corrected chi connectivity index (χ0v) is 12.7. The van der Waals surface area contributed by atoms with Crippen molar-refractivity contribution in [2.75, 3.05) is 30.3 Å². The highest BCUT2D eigenvalue weighted by molar-refractivity contribution is 7.89. The zero-order chi connectivity index (χ0) is 14.0. The molecule has 1 saturated heterocycles. The molecule has 5 heteroatoms. The van der Waals surface area contributed by atoms with E-state index in [1.54, 1.807) is 11.2 Å². The number of sulfonamides is 1. The van der Waals surface area contributed by atoms with Gasteiger partial charge in [0, 0.05) is 31.4 Å². The van der Waals surface area contributed by atoms with Crippen LogP contribution in [0.2, 0.25) is 0 Å². The van der Waals surface area contributed by atoms with Crippen LogP contribution in [0.25, 0.3) is 0 Å². The van der Waals surface area contributed by atoms with Crippen molar-refractivity contribution >= 4 is 15.7 Å². The van der Waals surface area contributed by atoms with E-state index in [0.29, 0.717) is 13.1 Å². The number of benzene rings is 1. The molecule has 0 saturated carbocycles. The van der Waals surface area contributed by atoms with Crippen molar-refractivity contribution in [1.82, 2.24) is 4.31 Å². The second-order valence-corrected chi connectivity index (χ2v) is 7.39. The third kappa shape index (κ3) is 3.09. The van der Waals surface area contributed by atoms with E-state index in [1.165, 1.54) is 11.3 Å². The van der Waals surface area contributed by atoms with E-state index in [-0.39, 0.29) is 11.8 Å². The number of piperazine rings is 1. The van der Waals surface area contributed by atoms with E-state index in [9.17, 15) is 8.42 Å². The number of hydrogen-bond donors (Lipinski definition) is 0. The number of rotatable bonds is 3. The summed E-state index contributed by atoms with van der Waals surface area (Å²) < 4.78 is 25.4. The average Bonchev–Trinajstić information content (AvgIpc) is 2.40. The first-order valence-electron chi connectivity index (χ1n) is 6.75. The molecule has 0 aromatic heterocycles. The van der Waals surface area contributed by atoms with E-state index in [0.717, 1.165) is 6.54 Å². The summed E-state index contributed by atoms with van der Waals surface area (Å²) in [6, 6.07) is 8.61. The maximum atomic E-state index is 11.9. The largest absolute Gasteiger partial charge is 0.366 e. The molecule has 1 atom stereocenters. The highest BCUT2D eigenvalue weighted by Gasteiger charge is 2.29. The number of nitrogens with zero attached hydrogens (tertiary/aromatic N) is 2. The topological polar surface area (TPSA) is 40.6 Å². The fourth-order valence-electron chi connectivity index (χ4n) is 2.48. The Morgan fingerprint density at radius 3 is 2.37 bits per heavy atom. The summed E-state index contributed by atoms with van der Waals surface area (Å²) >= 11 is 0. The zero-order valence-electron chi connectivity index (χ0n) is 11.8. The van der Waals surface area contributed by atoms with Crippen molar-refractivity contribution in [3.63, 3.8) is 0 Å². The molecule has 2 rings (SSSR count). The summed E-state index contributed by atoms with van der Waals surface area (Å²) in [4.78, 5) is 2.28. The van der Waals surface area contributed by atoms with Crippen LogP contribution in [-0.4, -0.2) is 44.2 Å². The molecule has 19 heavy (non-hydrogen) atoms. The van der Waals surface area contributed by atoms with Gasteiger partial charge in [-0.2, -0.15) is 4.31 Å². The molecule has 1 aromatic rings. The lowest BCUT2D eigenvalue weighted by molar-refractivity contribution is 0.343. The molecule has 0 unspecified atom stereocenters. The number of anilines is 1. The number of hydrogen-bond acceptors (Lipinski definition) is 3. The summed E-state index contributed by atoms with van der Waals surface area (Å²) in [6.45, 7) is 7.75. The second kappa shape index (κ2) is 5.51. The van der Waals surface area contributed by atoms with Gasteiger partial charge in [0.1, 0.15) is 0 Å². The van der Waals surface area contributed by atoms with E-state index < -0.39 is 10.0 Å². The van der Waals surface area contributed by atoms with Crippen molar-refractivity contribution < 1.29 is 8.42 Å². The highest BCUT2D eigenvalue weighted by Crippen LogP contribution is 2.22. The molecular formula is C14H22N2O2S. The van der Waals surface area contributed by atoms with Gasteiger partial charge in [-0.1, -0.05) is 17.7 Å².